The van der Waals surface area contributed by atoms with Crippen LogP contribution >= 0.6 is 0 Å². The zero-order valence-corrected chi connectivity index (χ0v) is 20.8. The molecule has 1 amide bonds. The van der Waals surface area contributed by atoms with Gasteiger partial charge in [0.2, 0.25) is 0 Å². The molecule has 1 aliphatic heterocycles. The molecule has 1 fully saturated rings. The quantitative estimate of drug-likeness (QED) is 0.330. The molecular weight excluding hydrogens is 456 g/mol. The van der Waals surface area contributed by atoms with Crippen molar-refractivity contribution in [2.24, 2.45) is 0 Å². The molecule has 0 radical (unpaired) electrons. The van der Waals surface area contributed by atoms with Gasteiger partial charge in [0.25, 0.3) is 5.91 Å². The maximum atomic E-state index is 13.7. The predicted molar refractivity (Wildman–Crippen MR) is 148 cm³/mol. The van der Waals surface area contributed by atoms with Crippen molar-refractivity contribution in [3.8, 4) is 0 Å². The molecule has 0 saturated carbocycles. The van der Waals surface area contributed by atoms with E-state index in [-0.39, 0.29) is 11.9 Å². The number of carbonyl (C=O) groups excluding carboxylic acids is 1. The summed E-state index contributed by atoms with van der Waals surface area (Å²) in [6, 6.07) is 33.1. The number of benzene rings is 3. The number of likely N-dealkylation sites (tertiary alicyclic amines) is 1. The summed E-state index contributed by atoms with van der Waals surface area (Å²) in [5.74, 6) is 0.0188. The van der Waals surface area contributed by atoms with Crippen LogP contribution in [0.2, 0.25) is 0 Å². The molecule has 2 unspecified atom stereocenters. The zero-order chi connectivity index (χ0) is 25.0. The number of amides is 1. The van der Waals surface area contributed by atoms with E-state index in [4.69, 9.17) is 4.98 Å². The minimum atomic E-state index is 0.0188. The minimum Gasteiger partial charge on any atom is -0.334 e. The monoisotopic (exact) mass is 486 g/mol. The van der Waals surface area contributed by atoms with E-state index < -0.39 is 0 Å². The van der Waals surface area contributed by atoms with Crippen LogP contribution < -0.4 is 5.32 Å². The Morgan fingerprint density at radius 3 is 2.54 bits per heavy atom. The van der Waals surface area contributed by atoms with Crippen molar-refractivity contribution in [3.05, 3.63) is 120 Å². The van der Waals surface area contributed by atoms with Crippen LogP contribution in [0.25, 0.3) is 21.8 Å². The fourth-order valence-corrected chi connectivity index (χ4v) is 5.48. The summed E-state index contributed by atoms with van der Waals surface area (Å²) in [4.78, 5) is 25.0. The van der Waals surface area contributed by atoms with Gasteiger partial charge < -0.3 is 10.2 Å². The highest BCUT2D eigenvalue weighted by Crippen LogP contribution is 2.25. The molecular formula is C32H30N4O. The van der Waals surface area contributed by atoms with Gasteiger partial charge in [-0.3, -0.25) is 9.78 Å². The Labute approximate surface area is 217 Å². The first-order valence-corrected chi connectivity index (χ1v) is 13.0. The summed E-state index contributed by atoms with van der Waals surface area (Å²) in [5.41, 5.74) is 4.90. The molecule has 2 aromatic heterocycles. The van der Waals surface area contributed by atoms with Gasteiger partial charge in [-0.25, -0.2) is 4.98 Å². The van der Waals surface area contributed by atoms with E-state index in [0.717, 1.165) is 42.2 Å². The van der Waals surface area contributed by atoms with Gasteiger partial charge in [0, 0.05) is 42.1 Å². The van der Waals surface area contributed by atoms with Crippen LogP contribution in [-0.4, -0.2) is 39.4 Å². The summed E-state index contributed by atoms with van der Waals surface area (Å²) in [5, 5.41) is 6.02. The number of hydrogen-bond acceptors (Lipinski definition) is 4. The van der Waals surface area contributed by atoms with Crippen LogP contribution in [0.1, 0.15) is 34.5 Å². The second kappa shape index (κ2) is 10.5. The molecule has 1 N–H and O–H groups in total. The van der Waals surface area contributed by atoms with Crippen molar-refractivity contribution < 1.29 is 4.79 Å². The maximum absolute atomic E-state index is 13.7. The number of para-hydroxylation sites is 2. The normalized spacial score (nSPS) is 17.8. The number of nitrogens with zero attached hydrogens (tertiary/aromatic N) is 3. The van der Waals surface area contributed by atoms with Crippen molar-refractivity contribution in [3.63, 3.8) is 0 Å². The van der Waals surface area contributed by atoms with E-state index in [0.29, 0.717) is 18.3 Å². The third-order valence-corrected chi connectivity index (χ3v) is 7.43. The highest BCUT2D eigenvalue weighted by atomic mass is 16.2. The van der Waals surface area contributed by atoms with Crippen LogP contribution in [-0.2, 0) is 13.0 Å². The molecule has 0 bridgehead atoms. The third-order valence-electron chi connectivity index (χ3n) is 7.43. The summed E-state index contributed by atoms with van der Waals surface area (Å²) in [6.07, 6.45) is 4.52. The van der Waals surface area contributed by atoms with E-state index in [1.54, 1.807) is 0 Å². The van der Waals surface area contributed by atoms with E-state index in [2.05, 4.69) is 58.8 Å². The fourth-order valence-electron chi connectivity index (χ4n) is 5.48. The topological polar surface area (TPSA) is 58.1 Å². The second-order valence-electron chi connectivity index (χ2n) is 9.82. The molecule has 3 aromatic carbocycles. The molecule has 37 heavy (non-hydrogen) atoms. The second-order valence-corrected chi connectivity index (χ2v) is 9.82. The lowest BCUT2D eigenvalue weighted by atomic mass is 9.91. The molecule has 5 heteroatoms. The van der Waals surface area contributed by atoms with E-state index in [1.165, 1.54) is 16.5 Å². The Bertz CT molecular complexity index is 1530. The summed E-state index contributed by atoms with van der Waals surface area (Å²) >= 11 is 0. The van der Waals surface area contributed by atoms with Crippen molar-refractivity contribution in [2.75, 3.05) is 6.54 Å². The first-order valence-electron chi connectivity index (χ1n) is 13.0. The van der Waals surface area contributed by atoms with Gasteiger partial charge in [-0.2, -0.15) is 0 Å². The Hall–Kier alpha value is -4.09. The highest BCUT2D eigenvalue weighted by Gasteiger charge is 2.32. The van der Waals surface area contributed by atoms with Crippen molar-refractivity contribution in [1.82, 2.24) is 20.2 Å². The number of nitrogens with one attached hydrogen (secondary N) is 1. The third kappa shape index (κ3) is 5.09. The smallest absolute Gasteiger partial charge is 0.272 e. The standard InChI is InChI=1S/C32H30N4O/c37-32(31-15-14-24-10-4-6-12-29(24)35-31)36-19-17-26(21-27(36)20-23-8-2-1-3-9-23)34-22-25-16-18-33-30-13-7-5-11-28(25)30/h1-16,18,26-27,34H,17,19-22H2. The molecule has 2 atom stereocenters. The van der Waals surface area contributed by atoms with Gasteiger partial charge in [-0.15, -0.1) is 0 Å². The lowest BCUT2D eigenvalue weighted by Crippen LogP contribution is -2.51. The van der Waals surface area contributed by atoms with Gasteiger partial charge in [0.15, 0.2) is 0 Å². The highest BCUT2D eigenvalue weighted by molar-refractivity contribution is 5.95. The Morgan fingerprint density at radius 2 is 1.65 bits per heavy atom. The van der Waals surface area contributed by atoms with Crippen LogP contribution in [0, 0.1) is 0 Å². The van der Waals surface area contributed by atoms with Gasteiger partial charge in [0.1, 0.15) is 5.69 Å². The number of aromatic nitrogens is 2. The molecule has 184 valence electrons. The van der Waals surface area contributed by atoms with E-state index >= 15 is 0 Å². The summed E-state index contributed by atoms with van der Waals surface area (Å²) < 4.78 is 0. The van der Waals surface area contributed by atoms with E-state index in [1.807, 2.05) is 59.6 Å². The minimum absolute atomic E-state index is 0.0188. The molecule has 6 rings (SSSR count). The largest absolute Gasteiger partial charge is 0.334 e. The molecule has 0 aliphatic carbocycles. The van der Waals surface area contributed by atoms with Crippen molar-refractivity contribution in [1.29, 1.82) is 0 Å². The lowest BCUT2D eigenvalue weighted by Gasteiger charge is -2.40. The fraction of sp³-hybridized carbons (Fsp3) is 0.219. The summed E-state index contributed by atoms with van der Waals surface area (Å²) in [7, 11) is 0. The molecule has 3 heterocycles. The molecule has 5 nitrogen and oxygen atoms in total. The Kier molecular flexibility index (Phi) is 6.61. The molecule has 0 spiro atoms. The number of hydrogen-bond donors (Lipinski definition) is 1. The lowest BCUT2D eigenvalue weighted by molar-refractivity contribution is 0.0571. The van der Waals surface area contributed by atoms with Gasteiger partial charge in [-0.1, -0.05) is 72.8 Å². The zero-order valence-electron chi connectivity index (χ0n) is 20.8. The van der Waals surface area contributed by atoms with Crippen molar-refractivity contribution in [2.45, 2.75) is 37.9 Å². The van der Waals surface area contributed by atoms with Crippen LogP contribution in [0.3, 0.4) is 0 Å². The van der Waals surface area contributed by atoms with Crippen LogP contribution in [0.5, 0.6) is 0 Å². The van der Waals surface area contributed by atoms with E-state index in [9.17, 15) is 4.79 Å². The predicted octanol–water partition coefficient (Wildman–Crippen LogP) is 5.79. The summed E-state index contributed by atoms with van der Waals surface area (Å²) in [6.45, 7) is 1.49. The molecule has 1 aliphatic rings. The number of pyridine rings is 2. The maximum Gasteiger partial charge on any atom is 0.272 e. The number of carbonyl (C=O) groups is 1. The average molecular weight is 487 g/mol. The first-order chi connectivity index (χ1) is 18.2. The van der Waals surface area contributed by atoms with Crippen molar-refractivity contribution >= 4 is 27.7 Å². The number of piperidine rings is 1. The number of rotatable bonds is 6. The van der Waals surface area contributed by atoms with Crippen LogP contribution in [0.15, 0.2) is 103 Å². The Balaban J connectivity index is 1.21. The van der Waals surface area contributed by atoms with Gasteiger partial charge in [0.05, 0.1) is 11.0 Å². The number of fused-ring (bicyclic) bond motifs is 2. The SMILES string of the molecule is O=C(c1ccc2ccccc2n1)N1CCC(NCc2ccnc3ccccc23)CC1Cc1ccccc1. The van der Waals surface area contributed by atoms with Gasteiger partial charge >= 0.3 is 0 Å². The Morgan fingerprint density at radius 1 is 0.865 bits per heavy atom. The van der Waals surface area contributed by atoms with Gasteiger partial charge in [-0.05, 0) is 54.7 Å². The average Bonchev–Trinajstić information content (AvgIpc) is 2.96. The molecule has 1 saturated heterocycles. The first kappa shape index (κ1) is 23.3. The van der Waals surface area contributed by atoms with Crippen LogP contribution in [0.4, 0.5) is 0 Å². The molecule has 5 aromatic rings.